The second-order valence-corrected chi connectivity index (χ2v) is 6.57. The van der Waals surface area contributed by atoms with Crippen LogP contribution in [0.3, 0.4) is 0 Å². The Morgan fingerprint density at radius 1 is 1.19 bits per heavy atom. The molecule has 3 heterocycles. The molecule has 7 nitrogen and oxygen atoms in total. The fourth-order valence-electron chi connectivity index (χ4n) is 2.58. The van der Waals surface area contributed by atoms with Crippen molar-refractivity contribution in [3.63, 3.8) is 0 Å². The van der Waals surface area contributed by atoms with Crippen LogP contribution in [0.4, 0.5) is 5.69 Å². The first-order chi connectivity index (χ1) is 12.7. The molecule has 0 saturated heterocycles. The zero-order valence-electron chi connectivity index (χ0n) is 13.7. The highest BCUT2D eigenvalue weighted by molar-refractivity contribution is 7.13. The highest BCUT2D eigenvalue weighted by Gasteiger charge is 2.13. The van der Waals surface area contributed by atoms with Crippen molar-refractivity contribution in [1.82, 2.24) is 9.55 Å². The second kappa shape index (κ2) is 7.01. The van der Waals surface area contributed by atoms with Crippen molar-refractivity contribution in [3.05, 3.63) is 58.5 Å². The zero-order valence-corrected chi connectivity index (χ0v) is 14.5. The molecule has 0 fully saturated rings. The highest BCUT2D eigenvalue weighted by atomic mass is 32.1. The quantitative estimate of drug-likeness (QED) is 0.764. The van der Waals surface area contributed by atoms with Crippen LogP contribution >= 0.6 is 11.3 Å². The number of rotatable bonds is 4. The molecule has 0 unspecified atom stereocenters. The van der Waals surface area contributed by atoms with Gasteiger partial charge in [0.05, 0.1) is 16.9 Å². The van der Waals surface area contributed by atoms with Gasteiger partial charge in [-0.1, -0.05) is 6.07 Å². The maximum Gasteiger partial charge on any atom is 0.254 e. The van der Waals surface area contributed by atoms with Crippen molar-refractivity contribution in [2.24, 2.45) is 0 Å². The number of fused-ring (bicyclic) bond motifs is 1. The SMILES string of the molecule is O=C(Cn1cnc(-c2cccs2)cc1=O)Nc1ccc2c(c1)OCCO2. The summed E-state index contributed by atoms with van der Waals surface area (Å²) >= 11 is 1.51. The Bertz CT molecular complexity index is 998. The van der Waals surface area contributed by atoms with Crippen molar-refractivity contribution < 1.29 is 14.3 Å². The molecule has 2 aromatic heterocycles. The Balaban J connectivity index is 1.46. The smallest absolute Gasteiger partial charge is 0.254 e. The van der Waals surface area contributed by atoms with Crippen LogP contribution in [-0.4, -0.2) is 28.7 Å². The molecule has 0 spiro atoms. The van der Waals surface area contributed by atoms with E-state index in [1.54, 1.807) is 18.2 Å². The van der Waals surface area contributed by atoms with Gasteiger partial charge in [0.15, 0.2) is 11.5 Å². The lowest BCUT2D eigenvalue weighted by atomic mass is 10.2. The van der Waals surface area contributed by atoms with Crippen LogP contribution < -0.4 is 20.3 Å². The molecule has 1 aromatic carbocycles. The molecule has 4 rings (SSSR count). The second-order valence-electron chi connectivity index (χ2n) is 5.62. The molecule has 0 bridgehead atoms. The number of benzene rings is 1. The van der Waals surface area contributed by atoms with Crippen molar-refractivity contribution >= 4 is 22.9 Å². The summed E-state index contributed by atoms with van der Waals surface area (Å²) in [6.45, 7) is 0.864. The van der Waals surface area contributed by atoms with Crippen LogP contribution in [0.1, 0.15) is 0 Å². The van der Waals surface area contributed by atoms with Crippen molar-refractivity contribution in [2.45, 2.75) is 6.54 Å². The monoisotopic (exact) mass is 369 g/mol. The molecule has 3 aromatic rings. The number of ether oxygens (including phenoxy) is 2. The third-order valence-electron chi connectivity index (χ3n) is 3.79. The Morgan fingerprint density at radius 3 is 2.81 bits per heavy atom. The molecule has 1 amide bonds. The lowest BCUT2D eigenvalue weighted by molar-refractivity contribution is -0.116. The summed E-state index contributed by atoms with van der Waals surface area (Å²) in [6.07, 6.45) is 1.39. The third kappa shape index (κ3) is 3.45. The standard InChI is InChI=1S/C18H15N3O4S/c22-17(20-12-3-4-14-15(8-12)25-6-5-24-14)10-21-11-19-13(9-18(21)23)16-2-1-7-26-16/h1-4,7-9,11H,5-6,10H2,(H,20,22). The van der Waals surface area contributed by atoms with E-state index in [-0.39, 0.29) is 18.0 Å². The van der Waals surface area contributed by atoms with Gasteiger partial charge in [-0.2, -0.15) is 0 Å². The number of carbonyl (C=O) groups excluding carboxylic acids is 1. The van der Waals surface area contributed by atoms with Crippen LogP contribution in [0.2, 0.25) is 0 Å². The summed E-state index contributed by atoms with van der Waals surface area (Å²) in [6, 6.07) is 10.4. The van der Waals surface area contributed by atoms with E-state index < -0.39 is 0 Å². The summed E-state index contributed by atoms with van der Waals surface area (Å²) in [5.74, 6) is 0.918. The number of hydrogen-bond acceptors (Lipinski definition) is 6. The van der Waals surface area contributed by atoms with Crippen LogP contribution in [0.5, 0.6) is 11.5 Å². The van der Waals surface area contributed by atoms with Crippen LogP contribution in [0.15, 0.2) is 52.9 Å². The number of nitrogens with zero attached hydrogens (tertiary/aromatic N) is 2. The Kier molecular flexibility index (Phi) is 4.40. The summed E-state index contributed by atoms with van der Waals surface area (Å²) in [5.41, 5.74) is 0.907. The van der Waals surface area contributed by atoms with E-state index in [1.807, 2.05) is 17.5 Å². The average molecular weight is 369 g/mol. The molecule has 0 aliphatic carbocycles. The highest BCUT2D eigenvalue weighted by Crippen LogP contribution is 2.32. The third-order valence-corrected chi connectivity index (χ3v) is 4.69. The number of aromatic nitrogens is 2. The molecule has 132 valence electrons. The summed E-state index contributed by atoms with van der Waals surface area (Å²) in [4.78, 5) is 29.6. The molecular weight excluding hydrogens is 354 g/mol. The normalized spacial score (nSPS) is 12.6. The first kappa shape index (κ1) is 16.3. The van der Waals surface area contributed by atoms with E-state index in [0.717, 1.165) is 4.88 Å². The number of nitrogens with one attached hydrogen (secondary N) is 1. The van der Waals surface area contributed by atoms with Crippen LogP contribution in [0, 0.1) is 0 Å². The van der Waals surface area contributed by atoms with Gasteiger partial charge in [0.1, 0.15) is 19.8 Å². The van der Waals surface area contributed by atoms with E-state index in [9.17, 15) is 9.59 Å². The minimum Gasteiger partial charge on any atom is -0.486 e. The van der Waals surface area contributed by atoms with Crippen molar-refractivity contribution in [1.29, 1.82) is 0 Å². The number of carbonyl (C=O) groups is 1. The van der Waals surface area contributed by atoms with Gasteiger partial charge in [-0.15, -0.1) is 11.3 Å². The minimum atomic E-state index is -0.325. The molecule has 0 radical (unpaired) electrons. The predicted molar refractivity (Wildman–Crippen MR) is 97.9 cm³/mol. The first-order valence-corrected chi connectivity index (χ1v) is 8.87. The number of hydrogen-bond donors (Lipinski definition) is 1. The number of thiophene rings is 1. The average Bonchev–Trinajstić information content (AvgIpc) is 3.18. The largest absolute Gasteiger partial charge is 0.486 e. The molecule has 0 saturated carbocycles. The van der Waals surface area contributed by atoms with E-state index in [2.05, 4.69) is 10.3 Å². The Hall–Kier alpha value is -3.13. The van der Waals surface area contributed by atoms with Gasteiger partial charge in [0, 0.05) is 17.8 Å². The summed E-state index contributed by atoms with van der Waals surface area (Å²) in [5, 5.41) is 4.67. The Labute approximate surface area is 152 Å². The molecule has 0 atom stereocenters. The van der Waals surface area contributed by atoms with Gasteiger partial charge in [0.25, 0.3) is 5.56 Å². The maximum absolute atomic E-state index is 12.2. The Morgan fingerprint density at radius 2 is 2.04 bits per heavy atom. The molecule has 8 heteroatoms. The molecule has 1 aliphatic heterocycles. The van der Waals surface area contributed by atoms with Gasteiger partial charge in [-0.3, -0.25) is 14.2 Å². The molecule has 1 N–H and O–H groups in total. The lowest BCUT2D eigenvalue weighted by Crippen LogP contribution is -2.27. The van der Waals surface area contributed by atoms with E-state index in [4.69, 9.17) is 9.47 Å². The number of anilines is 1. The fraction of sp³-hybridized carbons (Fsp3) is 0.167. The van der Waals surface area contributed by atoms with Crippen molar-refractivity contribution in [3.8, 4) is 22.1 Å². The van der Waals surface area contributed by atoms with Gasteiger partial charge in [-0.05, 0) is 23.6 Å². The van der Waals surface area contributed by atoms with Gasteiger partial charge >= 0.3 is 0 Å². The van der Waals surface area contributed by atoms with Gasteiger partial charge in [0.2, 0.25) is 5.91 Å². The molecule has 26 heavy (non-hydrogen) atoms. The van der Waals surface area contributed by atoms with E-state index >= 15 is 0 Å². The minimum absolute atomic E-state index is 0.120. The van der Waals surface area contributed by atoms with Gasteiger partial charge < -0.3 is 14.8 Å². The van der Waals surface area contributed by atoms with Gasteiger partial charge in [-0.25, -0.2) is 4.98 Å². The predicted octanol–water partition coefficient (Wildman–Crippen LogP) is 2.38. The number of amides is 1. The molecular formula is C18H15N3O4S. The fourth-order valence-corrected chi connectivity index (χ4v) is 3.27. The summed E-state index contributed by atoms with van der Waals surface area (Å²) < 4.78 is 12.2. The maximum atomic E-state index is 12.2. The topological polar surface area (TPSA) is 82.5 Å². The van der Waals surface area contributed by atoms with E-state index in [1.165, 1.54) is 28.3 Å². The van der Waals surface area contributed by atoms with Crippen LogP contribution in [0.25, 0.3) is 10.6 Å². The molecule has 1 aliphatic rings. The van der Waals surface area contributed by atoms with Crippen LogP contribution in [-0.2, 0) is 11.3 Å². The van der Waals surface area contributed by atoms with E-state index in [0.29, 0.717) is 36.1 Å². The zero-order chi connectivity index (χ0) is 17.9. The lowest BCUT2D eigenvalue weighted by Gasteiger charge is -2.19. The summed E-state index contributed by atoms with van der Waals surface area (Å²) in [7, 11) is 0. The first-order valence-electron chi connectivity index (χ1n) is 7.99. The van der Waals surface area contributed by atoms with Crippen molar-refractivity contribution in [2.75, 3.05) is 18.5 Å².